The minimum atomic E-state index is 0. The highest BCUT2D eigenvalue weighted by Crippen LogP contribution is 2.09. The molecule has 13 heavy (non-hydrogen) atoms. The number of nitrogens with zero attached hydrogens (tertiary/aromatic N) is 2. The predicted octanol–water partition coefficient (Wildman–Crippen LogP) is 2.36. The zero-order valence-corrected chi connectivity index (χ0v) is 9.32. The molecule has 0 aliphatic carbocycles. The Morgan fingerprint density at radius 2 is 2.23 bits per heavy atom. The minimum absolute atomic E-state index is 0. The molecule has 0 saturated heterocycles. The van der Waals surface area contributed by atoms with E-state index < -0.39 is 0 Å². The fourth-order valence-electron chi connectivity index (χ4n) is 1.17. The summed E-state index contributed by atoms with van der Waals surface area (Å²) in [6.45, 7) is 5.28. The van der Waals surface area contributed by atoms with Gasteiger partial charge in [0.1, 0.15) is 0 Å². The van der Waals surface area contributed by atoms with Crippen LogP contribution in [0.2, 0.25) is 0 Å². The molecule has 0 saturated carbocycles. The molecule has 4 heteroatoms. The number of aryl methyl sites for hydroxylation is 2. The van der Waals surface area contributed by atoms with Crippen LogP contribution in [0, 0.1) is 6.92 Å². The van der Waals surface area contributed by atoms with Gasteiger partial charge in [-0.1, -0.05) is 13.3 Å². The first kappa shape index (κ1) is 12.3. The Bertz CT molecular complexity index is 245. The van der Waals surface area contributed by atoms with Crippen LogP contribution in [-0.2, 0) is 7.05 Å². The zero-order valence-electron chi connectivity index (χ0n) is 8.50. The van der Waals surface area contributed by atoms with E-state index in [0.29, 0.717) is 0 Å². The topological polar surface area (TPSA) is 29.9 Å². The molecule has 76 valence electrons. The molecule has 0 aromatic carbocycles. The Morgan fingerprint density at radius 1 is 1.54 bits per heavy atom. The van der Waals surface area contributed by atoms with Crippen LogP contribution in [0.15, 0.2) is 6.20 Å². The van der Waals surface area contributed by atoms with Gasteiger partial charge in [-0.3, -0.25) is 4.68 Å². The summed E-state index contributed by atoms with van der Waals surface area (Å²) in [5.74, 6) is 1.02. The highest BCUT2D eigenvalue weighted by Gasteiger charge is 2.00. The van der Waals surface area contributed by atoms with Crippen LogP contribution in [0.5, 0.6) is 0 Å². The predicted molar refractivity (Wildman–Crippen MR) is 58.6 cm³/mol. The second kappa shape index (κ2) is 5.86. The Morgan fingerprint density at radius 3 is 2.69 bits per heavy atom. The van der Waals surface area contributed by atoms with E-state index >= 15 is 0 Å². The molecular weight excluding hydrogens is 186 g/mol. The number of hydrogen-bond acceptors (Lipinski definition) is 2. The van der Waals surface area contributed by atoms with Gasteiger partial charge < -0.3 is 5.32 Å². The SMILES string of the molecule is CCCCNc1nn(C)cc1C.Cl. The Balaban J connectivity index is 0.00000144. The van der Waals surface area contributed by atoms with Crippen LogP contribution >= 0.6 is 12.4 Å². The fourth-order valence-corrected chi connectivity index (χ4v) is 1.17. The van der Waals surface area contributed by atoms with Gasteiger partial charge in [-0.05, 0) is 13.3 Å². The molecule has 0 aliphatic rings. The van der Waals surface area contributed by atoms with E-state index in [4.69, 9.17) is 0 Å². The number of unbranched alkanes of at least 4 members (excludes halogenated alkanes) is 1. The molecule has 0 aliphatic heterocycles. The lowest BCUT2D eigenvalue weighted by Crippen LogP contribution is -2.02. The van der Waals surface area contributed by atoms with Gasteiger partial charge in [0.25, 0.3) is 0 Å². The molecule has 1 rings (SSSR count). The van der Waals surface area contributed by atoms with Crippen LogP contribution in [0.25, 0.3) is 0 Å². The van der Waals surface area contributed by atoms with E-state index in [-0.39, 0.29) is 12.4 Å². The van der Waals surface area contributed by atoms with Crippen molar-refractivity contribution in [1.29, 1.82) is 0 Å². The second-order valence-corrected chi connectivity index (χ2v) is 3.11. The average Bonchev–Trinajstić information content (AvgIpc) is 2.31. The van der Waals surface area contributed by atoms with Crippen LogP contribution < -0.4 is 5.32 Å². The van der Waals surface area contributed by atoms with Gasteiger partial charge in [0.2, 0.25) is 0 Å². The number of rotatable bonds is 4. The van der Waals surface area contributed by atoms with Crippen molar-refractivity contribution in [2.75, 3.05) is 11.9 Å². The molecule has 1 aromatic heterocycles. The summed E-state index contributed by atoms with van der Waals surface area (Å²) in [7, 11) is 1.94. The summed E-state index contributed by atoms with van der Waals surface area (Å²) in [4.78, 5) is 0. The molecule has 0 bridgehead atoms. The van der Waals surface area contributed by atoms with Gasteiger partial charge in [-0.2, -0.15) is 5.10 Å². The van der Waals surface area contributed by atoms with E-state index in [1.807, 2.05) is 17.9 Å². The summed E-state index contributed by atoms with van der Waals surface area (Å²) in [6.07, 6.45) is 4.45. The molecule has 0 radical (unpaired) electrons. The van der Waals surface area contributed by atoms with Gasteiger partial charge in [0, 0.05) is 25.4 Å². The molecule has 0 atom stereocenters. The van der Waals surface area contributed by atoms with Crippen molar-refractivity contribution in [2.45, 2.75) is 26.7 Å². The van der Waals surface area contributed by atoms with Crippen molar-refractivity contribution in [3.8, 4) is 0 Å². The van der Waals surface area contributed by atoms with E-state index in [2.05, 4.69) is 24.3 Å². The Kier molecular flexibility index (Phi) is 5.55. The number of hydrogen-bond donors (Lipinski definition) is 1. The van der Waals surface area contributed by atoms with Gasteiger partial charge in [-0.15, -0.1) is 12.4 Å². The first-order valence-corrected chi connectivity index (χ1v) is 4.48. The lowest BCUT2D eigenvalue weighted by atomic mass is 10.3. The molecule has 3 nitrogen and oxygen atoms in total. The van der Waals surface area contributed by atoms with Crippen LogP contribution in [0.3, 0.4) is 0 Å². The van der Waals surface area contributed by atoms with Crippen molar-refractivity contribution in [2.24, 2.45) is 7.05 Å². The van der Waals surface area contributed by atoms with Crippen molar-refractivity contribution >= 4 is 18.2 Å². The summed E-state index contributed by atoms with van der Waals surface area (Å²) < 4.78 is 1.84. The minimum Gasteiger partial charge on any atom is -0.368 e. The first-order valence-electron chi connectivity index (χ1n) is 4.48. The monoisotopic (exact) mass is 203 g/mol. The van der Waals surface area contributed by atoms with Crippen molar-refractivity contribution in [3.63, 3.8) is 0 Å². The molecule has 0 unspecified atom stereocenters. The summed E-state index contributed by atoms with van der Waals surface area (Å²) >= 11 is 0. The van der Waals surface area contributed by atoms with Crippen molar-refractivity contribution in [3.05, 3.63) is 11.8 Å². The fraction of sp³-hybridized carbons (Fsp3) is 0.667. The van der Waals surface area contributed by atoms with Gasteiger partial charge >= 0.3 is 0 Å². The molecule has 1 heterocycles. The normalized spacial score (nSPS) is 9.46. The number of anilines is 1. The summed E-state index contributed by atoms with van der Waals surface area (Å²) in [5, 5.41) is 7.59. The van der Waals surface area contributed by atoms with Crippen LogP contribution in [0.4, 0.5) is 5.82 Å². The molecule has 0 spiro atoms. The summed E-state index contributed by atoms with van der Waals surface area (Å²) in [6, 6.07) is 0. The average molecular weight is 204 g/mol. The summed E-state index contributed by atoms with van der Waals surface area (Å²) in [5.41, 5.74) is 1.22. The molecule has 0 fully saturated rings. The van der Waals surface area contributed by atoms with E-state index in [9.17, 15) is 0 Å². The third kappa shape index (κ3) is 3.68. The smallest absolute Gasteiger partial charge is 0.150 e. The van der Waals surface area contributed by atoms with Gasteiger partial charge in [0.05, 0.1) is 0 Å². The molecule has 1 N–H and O–H groups in total. The maximum atomic E-state index is 4.29. The third-order valence-electron chi connectivity index (χ3n) is 1.83. The lowest BCUT2D eigenvalue weighted by Gasteiger charge is -2.01. The van der Waals surface area contributed by atoms with Crippen LogP contribution in [0.1, 0.15) is 25.3 Å². The largest absolute Gasteiger partial charge is 0.368 e. The Hall–Kier alpha value is -0.700. The van der Waals surface area contributed by atoms with Crippen LogP contribution in [-0.4, -0.2) is 16.3 Å². The van der Waals surface area contributed by atoms with E-state index in [0.717, 1.165) is 12.4 Å². The maximum Gasteiger partial charge on any atom is 0.150 e. The maximum absolute atomic E-state index is 4.29. The van der Waals surface area contributed by atoms with E-state index in [1.54, 1.807) is 0 Å². The highest BCUT2D eigenvalue weighted by atomic mass is 35.5. The van der Waals surface area contributed by atoms with Gasteiger partial charge in [0.15, 0.2) is 5.82 Å². The molecular formula is C9H18ClN3. The quantitative estimate of drug-likeness (QED) is 0.762. The Labute approximate surface area is 85.9 Å². The van der Waals surface area contributed by atoms with Crippen molar-refractivity contribution in [1.82, 2.24) is 9.78 Å². The van der Waals surface area contributed by atoms with E-state index in [1.165, 1.54) is 18.4 Å². The standard InChI is InChI=1S/C9H17N3.ClH/c1-4-5-6-10-9-8(2)7-12(3)11-9;/h7H,4-6H2,1-3H3,(H,10,11);1H. The lowest BCUT2D eigenvalue weighted by molar-refractivity contribution is 0.762. The number of halogens is 1. The molecule has 0 amide bonds. The zero-order chi connectivity index (χ0) is 8.97. The first-order chi connectivity index (χ1) is 5.74. The number of nitrogens with one attached hydrogen (secondary N) is 1. The third-order valence-corrected chi connectivity index (χ3v) is 1.83. The molecule has 1 aromatic rings. The highest BCUT2D eigenvalue weighted by molar-refractivity contribution is 5.85. The van der Waals surface area contributed by atoms with Gasteiger partial charge in [-0.25, -0.2) is 0 Å². The second-order valence-electron chi connectivity index (χ2n) is 3.11. The number of aromatic nitrogens is 2. The van der Waals surface area contributed by atoms with Crippen molar-refractivity contribution < 1.29 is 0 Å².